The Morgan fingerprint density at radius 3 is 2.00 bits per heavy atom. The molecule has 1 heterocycles. The van der Waals surface area contributed by atoms with E-state index in [1.807, 2.05) is 62.1 Å². The predicted molar refractivity (Wildman–Crippen MR) is 119 cm³/mol. The van der Waals surface area contributed by atoms with Gasteiger partial charge in [-0.25, -0.2) is 8.42 Å². The second-order valence-electron chi connectivity index (χ2n) is 7.67. The van der Waals surface area contributed by atoms with Crippen molar-refractivity contribution in [2.75, 3.05) is 39.3 Å². The molecular weight excluding hydrogens is 398 g/mol. The van der Waals surface area contributed by atoms with Gasteiger partial charge in [0.2, 0.25) is 10.0 Å². The number of hydrogen-bond donors (Lipinski definition) is 0. The lowest BCUT2D eigenvalue weighted by Crippen LogP contribution is -2.48. The van der Waals surface area contributed by atoms with Crippen molar-refractivity contribution in [2.45, 2.75) is 32.2 Å². The van der Waals surface area contributed by atoms with E-state index in [0.717, 1.165) is 17.7 Å². The Bertz CT molecular complexity index is 944. The van der Waals surface area contributed by atoms with E-state index in [1.54, 1.807) is 16.4 Å². The molecule has 0 aromatic heterocycles. The lowest BCUT2D eigenvalue weighted by molar-refractivity contribution is 0.0773. The lowest BCUT2D eigenvalue weighted by Gasteiger charge is -2.34. The minimum absolute atomic E-state index is 0.0569. The fraction of sp³-hybridized carbons (Fsp3) is 0.435. The van der Waals surface area contributed by atoms with E-state index in [2.05, 4.69) is 4.90 Å². The number of carbonyl (C=O) groups excluding carboxylic acids is 1. The van der Waals surface area contributed by atoms with Crippen LogP contribution < -0.4 is 0 Å². The first-order chi connectivity index (χ1) is 14.3. The van der Waals surface area contributed by atoms with Gasteiger partial charge >= 0.3 is 0 Å². The summed E-state index contributed by atoms with van der Waals surface area (Å²) in [6, 6.07) is 14.8. The molecule has 0 atom stereocenters. The van der Waals surface area contributed by atoms with Gasteiger partial charge in [0.25, 0.3) is 5.91 Å². The summed E-state index contributed by atoms with van der Waals surface area (Å²) >= 11 is 0. The van der Waals surface area contributed by atoms with E-state index in [9.17, 15) is 13.2 Å². The molecule has 1 amide bonds. The molecule has 0 unspecified atom stereocenters. The summed E-state index contributed by atoms with van der Waals surface area (Å²) in [4.78, 5) is 16.8. The molecule has 0 saturated carbocycles. The van der Waals surface area contributed by atoms with E-state index >= 15 is 0 Å². The molecule has 7 heteroatoms. The van der Waals surface area contributed by atoms with Crippen molar-refractivity contribution in [2.24, 2.45) is 0 Å². The normalized spacial score (nSPS) is 15.8. The van der Waals surface area contributed by atoms with E-state index < -0.39 is 10.0 Å². The van der Waals surface area contributed by atoms with Gasteiger partial charge in [-0.2, -0.15) is 4.31 Å². The fourth-order valence-electron chi connectivity index (χ4n) is 3.69. The molecule has 3 rings (SSSR count). The Morgan fingerprint density at radius 1 is 0.900 bits per heavy atom. The SMILES string of the molecule is CCN(CC)C(=O)c1ccc(CN2CCN(S(=O)(=O)c3ccc(C)cc3)CC2)cc1. The Morgan fingerprint density at radius 2 is 1.47 bits per heavy atom. The average Bonchev–Trinajstić information content (AvgIpc) is 2.76. The molecule has 0 N–H and O–H groups in total. The molecule has 0 bridgehead atoms. The van der Waals surface area contributed by atoms with Crippen LogP contribution in [0.15, 0.2) is 53.4 Å². The molecule has 0 spiro atoms. The highest BCUT2D eigenvalue weighted by Gasteiger charge is 2.28. The molecule has 0 radical (unpaired) electrons. The summed E-state index contributed by atoms with van der Waals surface area (Å²) in [5.41, 5.74) is 2.88. The fourth-order valence-corrected chi connectivity index (χ4v) is 5.11. The van der Waals surface area contributed by atoms with Crippen LogP contribution in [0.1, 0.15) is 35.3 Å². The van der Waals surface area contributed by atoms with E-state index in [-0.39, 0.29) is 5.91 Å². The number of carbonyl (C=O) groups is 1. The predicted octanol–water partition coefficient (Wildman–Crippen LogP) is 2.98. The quantitative estimate of drug-likeness (QED) is 0.679. The van der Waals surface area contributed by atoms with Crippen molar-refractivity contribution >= 4 is 15.9 Å². The highest BCUT2D eigenvalue weighted by Crippen LogP contribution is 2.19. The largest absolute Gasteiger partial charge is 0.339 e. The summed E-state index contributed by atoms with van der Waals surface area (Å²) in [6.45, 7) is 10.4. The molecule has 2 aromatic rings. The molecule has 30 heavy (non-hydrogen) atoms. The first-order valence-corrected chi connectivity index (χ1v) is 12.0. The van der Waals surface area contributed by atoms with Gasteiger partial charge in [0, 0.05) is 51.4 Å². The lowest BCUT2D eigenvalue weighted by atomic mass is 10.1. The van der Waals surface area contributed by atoms with Gasteiger partial charge in [0.1, 0.15) is 0 Å². The van der Waals surface area contributed by atoms with Gasteiger partial charge in [-0.05, 0) is 50.6 Å². The maximum Gasteiger partial charge on any atom is 0.253 e. The monoisotopic (exact) mass is 429 g/mol. The second kappa shape index (κ2) is 9.73. The number of rotatable bonds is 7. The van der Waals surface area contributed by atoms with E-state index in [4.69, 9.17) is 0 Å². The highest BCUT2D eigenvalue weighted by atomic mass is 32.2. The second-order valence-corrected chi connectivity index (χ2v) is 9.61. The van der Waals surface area contributed by atoms with Crippen molar-refractivity contribution in [3.63, 3.8) is 0 Å². The number of amides is 1. The van der Waals surface area contributed by atoms with Crippen LogP contribution in [0.2, 0.25) is 0 Å². The summed E-state index contributed by atoms with van der Waals surface area (Å²) < 4.78 is 27.3. The zero-order valence-corrected chi connectivity index (χ0v) is 18.9. The minimum atomic E-state index is -3.44. The Hall–Kier alpha value is -2.22. The van der Waals surface area contributed by atoms with Crippen LogP contribution in [0.5, 0.6) is 0 Å². The molecular formula is C23H31N3O3S. The minimum Gasteiger partial charge on any atom is -0.339 e. The van der Waals surface area contributed by atoms with Gasteiger partial charge < -0.3 is 4.90 Å². The third-order valence-corrected chi connectivity index (χ3v) is 7.56. The summed E-state index contributed by atoms with van der Waals surface area (Å²) in [5, 5.41) is 0. The van der Waals surface area contributed by atoms with Gasteiger partial charge in [0.15, 0.2) is 0 Å². The number of nitrogens with zero attached hydrogens (tertiary/aromatic N) is 3. The van der Waals surface area contributed by atoms with Crippen LogP contribution in [-0.2, 0) is 16.6 Å². The molecule has 1 fully saturated rings. The maximum atomic E-state index is 12.8. The molecule has 1 saturated heterocycles. The van der Waals surface area contributed by atoms with Crippen LogP contribution in [0, 0.1) is 6.92 Å². The van der Waals surface area contributed by atoms with Gasteiger partial charge in [-0.15, -0.1) is 0 Å². The summed E-state index contributed by atoms with van der Waals surface area (Å²) in [6.07, 6.45) is 0. The molecule has 1 aliphatic rings. The maximum absolute atomic E-state index is 12.8. The molecule has 2 aromatic carbocycles. The van der Waals surface area contributed by atoms with Crippen molar-refractivity contribution in [1.29, 1.82) is 0 Å². The van der Waals surface area contributed by atoms with Gasteiger partial charge in [-0.3, -0.25) is 9.69 Å². The van der Waals surface area contributed by atoms with Crippen molar-refractivity contribution in [3.05, 3.63) is 65.2 Å². The molecule has 0 aliphatic carbocycles. The van der Waals surface area contributed by atoms with Crippen LogP contribution in [0.4, 0.5) is 0 Å². The Balaban J connectivity index is 1.57. The van der Waals surface area contributed by atoms with Crippen LogP contribution >= 0.6 is 0 Å². The Kier molecular flexibility index (Phi) is 7.28. The third kappa shape index (κ3) is 5.09. The van der Waals surface area contributed by atoms with Crippen LogP contribution in [0.3, 0.4) is 0 Å². The molecule has 162 valence electrons. The van der Waals surface area contributed by atoms with E-state index in [0.29, 0.717) is 49.7 Å². The van der Waals surface area contributed by atoms with Crippen LogP contribution in [0.25, 0.3) is 0 Å². The first kappa shape index (κ1) is 22.5. The smallest absolute Gasteiger partial charge is 0.253 e. The first-order valence-electron chi connectivity index (χ1n) is 10.5. The number of piperazine rings is 1. The molecule has 1 aliphatic heterocycles. The van der Waals surface area contributed by atoms with Crippen molar-refractivity contribution in [1.82, 2.24) is 14.1 Å². The van der Waals surface area contributed by atoms with Gasteiger partial charge in [-0.1, -0.05) is 29.8 Å². The third-order valence-electron chi connectivity index (χ3n) is 5.65. The number of aryl methyl sites for hydroxylation is 1. The zero-order chi connectivity index (χ0) is 21.7. The average molecular weight is 430 g/mol. The van der Waals surface area contributed by atoms with E-state index in [1.165, 1.54) is 0 Å². The molecule has 6 nitrogen and oxygen atoms in total. The Labute approximate surface area is 180 Å². The number of benzene rings is 2. The highest BCUT2D eigenvalue weighted by molar-refractivity contribution is 7.89. The summed E-state index contributed by atoms with van der Waals surface area (Å²) in [7, 11) is -3.44. The van der Waals surface area contributed by atoms with Crippen molar-refractivity contribution in [3.8, 4) is 0 Å². The standard InChI is InChI=1S/C23H31N3O3S/c1-4-25(5-2)23(27)21-10-8-20(9-11-21)18-24-14-16-26(17-15-24)30(28,29)22-12-6-19(3)7-13-22/h6-13H,4-5,14-18H2,1-3H3. The van der Waals surface area contributed by atoms with Crippen molar-refractivity contribution < 1.29 is 13.2 Å². The topological polar surface area (TPSA) is 60.9 Å². The number of hydrogen-bond acceptors (Lipinski definition) is 4. The number of sulfonamides is 1. The summed E-state index contributed by atoms with van der Waals surface area (Å²) in [5.74, 6) is 0.0569. The van der Waals surface area contributed by atoms with Gasteiger partial charge in [0.05, 0.1) is 4.90 Å². The zero-order valence-electron chi connectivity index (χ0n) is 18.0. The van der Waals surface area contributed by atoms with Crippen LogP contribution in [-0.4, -0.2) is 67.7 Å².